The zero-order chi connectivity index (χ0) is 23.5. The number of piperazine rings is 1. The van der Waals surface area contributed by atoms with E-state index in [1.165, 1.54) is 17.6 Å². The molecule has 0 saturated carbocycles. The van der Waals surface area contributed by atoms with Crippen molar-refractivity contribution in [1.82, 2.24) is 9.80 Å². The van der Waals surface area contributed by atoms with E-state index in [1.54, 1.807) is 24.3 Å². The molecule has 9 heteroatoms. The van der Waals surface area contributed by atoms with Crippen LogP contribution in [0.2, 0.25) is 0 Å². The summed E-state index contributed by atoms with van der Waals surface area (Å²) >= 11 is 1.53. The Bertz CT molecular complexity index is 1080. The molecule has 4 rings (SSSR count). The van der Waals surface area contributed by atoms with Gasteiger partial charge in [0.25, 0.3) is 5.91 Å². The second-order valence-electron chi connectivity index (χ2n) is 8.15. The topological polar surface area (TPSA) is 58.0 Å². The van der Waals surface area contributed by atoms with Crippen LogP contribution >= 0.6 is 11.3 Å². The van der Waals surface area contributed by atoms with Gasteiger partial charge in [-0.05, 0) is 56.3 Å². The van der Waals surface area contributed by atoms with Crippen molar-refractivity contribution >= 4 is 22.2 Å². The van der Waals surface area contributed by atoms with Crippen LogP contribution in [0.4, 0.5) is 13.8 Å². The van der Waals surface area contributed by atoms with E-state index in [0.717, 1.165) is 52.7 Å². The Hall–Kier alpha value is -2.75. The number of nitrogens with one attached hydrogen (secondary N) is 1. The number of aryl methyl sites for hydroxylation is 1. The van der Waals surface area contributed by atoms with Crippen LogP contribution < -0.4 is 10.1 Å². The summed E-state index contributed by atoms with van der Waals surface area (Å²) in [6.45, 7) is 4.74. The molecule has 1 aromatic carbocycles. The van der Waals surface area contributed by atoms with E-state index >= 15 is 0 Å². The van der Waals surface area contributed by atoms with E-state index in [4.69, 9.17) is 4.42 Å². The van der Waals surface area contributed by atoms with Crippen molar-refractivity contribution in [2.24, 2.45) is 0 Å². The zero-order valence-corrected chi connectivity index (χ0v) is 19.6. The van der Waals surface area contributed by atoms with Crippen LogP contribution in [0.5, 0.6) is 5.75 Å². The number of rotatable bonds is 7. The largest absolute Gasteiger partial charge is 0.459 e. The number of thiophene rings is 1. The maximum atomic E-state index is 12.8. The first-order valence-corrected chi connectivity index (χ1v) is 11.6. The van der Waals surface area contributed by atoms with Gasteiger partial charge in [0.2, 0.25) is 0 Å². The smallest absolute Gasteiger partial charge is 0.387 e. The number of likely N-dealkylation sites (N-methyl/N-ethyl adjacent to an activating group) is 1. The number of hydrogen-bond acceptors (Lipinski definition) is 6. The lowest BCUT2D eigenvalue weighted by Gasteiger charge is -2.39. The number of halogens is 2. The summed E-state index contributed by atoms with van der Waals surface area (Å²) in [6.07, 6.45) is 1.47. The van der Waals surface area contributed by atoms with Crippen molar-refractivity contribution < 1.29 is 22.7 Å². The number of nitrogens with zero attached hydrogens (tertiary/aromatic N) is 2. The highest BCUT2D eigenvalue weighted by Gasteiger charge is 2.31. The fraction of sp³-hybridized carbons (Fsp3) is 0.375. The molecule has 0 radical (unpaired) electrons. The summed E-state index contributed by atoms with van der Waals surface area (Å²) in [4.78, 5) is 18.5. The molecule has 1 N–H and O–H groups in total. The van der Waals surface area contributed by atoms with E-state index < -0.39 is 6.61 Å². The molecule has 0 bridgehead atoms. The van der Waals surface area contributed by atoms with E-state index in [1.807, 2.05) is 19.1 Å². The van der Waals surface area contributed by atoms with Crippen LogP contribution in [-0.2, 0) is 0 Å². The highest BCUT2D eigenvalue weighted by atomic mass is 32.1. The number of ether oxygens (including phenoxy) is 1. The number of alkyl halides is 2. The summed E-state index contributed by atoms with van der Waals surface area (Å²) in [6, 6.07) is 9.95. The Kier molecular flexibility index (Phi) is 7.11. The quantitative estimate of drug-likeness (QED) is 0.512. The van der Waals surface area contributed by atoms with Gasteiger partial charge in [0.15, 0.2) is 5.76 Å². The minimum Gasteiger partial charge on any atom is -0.459 e. The molecule has 33 heavy (non-hydrogen) atoms. The van der Waals surface area contributed by atoms with E-state index in [9.17, 15) is 13.6 Å². The van der Waals surface area contributed by atoms with Gasteiger partial charge in [0.05, 0.1) is 12.3 Å². The van der Waals surface area contributed by atoms with Gasteiger partial charge in [-0.15, -0.1) is 11.3 Å². The van der Waals surface area contributed by atoms with Gasteiger partial charge in [0.1, 0.15) is 10.8 Å². The van der Waals surface area contributed by atoms with Crippen molar-refractivity contribution in [3.05, 3.63) is 70.0 Å². The van der Waals surface area contributed by atoms with Gasteiger partial charge in [-0.1, -0.05) is 12.1 Å². The highest BCUT2D eigenvalue weighted by Crippen LogP contribution is 2.43. The molecular weight excluding hydrogens is 448 g/mol. The Labute approximate surface area is 195 Å². The molecule has 176 valence electrons. The number of furan rings is 1. The van der Waals surface area contributed by atoms with Crippen molar-refractivity contribution in [1.29, 1.82) is 0 Å². The maximum Gasteiger partial charge on any atom is 0.387 e. The Morgan fingerprint density at radius 3 is 2.42 bits per heavy atom. The van der Waals surface area contributed by atoms with E-state index in [2.05, 4.69) is 33.8 Å². The summed E-state index contributed by atoms with van der Waals surface area (Å²) in [5.41, 5.74) is 3.08. The van der Waals surface area contributed by atoms with Crippen LogP contribution in [0, 0.1) is 13.8 Å². The molecule has 0 aliphatic carbocycles. The predicted molar refractivity (Wildman–Crippen MR) is 124 cm³/mol. The number of benzene rings is 1. The third-order valence-electron chi connectivity index (χ3n) is 6.00. The van der Waals surface area contributed by atoms with Crippen molar-refractivity contribution in [3.8, 4) is 5.75 Å². The molecule has 1 amide bonds. The fourth-order valence-corrected chi connectivity index (χ4v) is 5.20. The third kappa shape index (κ3) is 5.26. The van der Waals surface area contributed by atoms with Gasteiger partial charge >= 0.3 is 6.61 Å². The number of carbonyl (C=O) groups is 1. The molecule has 3 aromatic rings. The molecule has 1 fully saturated rings. The summed E-state index contributed by atoms with van der Waals surface area (Å²) in [7, 11) is 2.10. The molecule has 0 unspecified atom stereocenters. The second-order valence-corrected chi connectivity index (χ2v) is 9.37. The third-order valence-corrected chi connectivity index (χ3v) is 7.14. The van der Waals surface area contributed by atoms with Gasteiger partial charge in [-0.3, -0.25) is 9.69 Å². The van der Waals surface area contributed by atoms with Gasteiger partial charge in [0, 0.05) is 36.6 Å². The minimum atomic E-state index is -2.87. The molecule has 1 aliphatic heterocycles. The molecule has 0 spiro atoms. The average Bonchev–Trinajstić information content (AvgIpc) is 3.41. The SMILES string of the molecule is Cc1sc(NC(=O)c2ccco2)c([C@H](c2ccc(OC(F)F)cc2)N2CCN(C)CC2)c1C. The predicted octanol–water partition coefficient (Wildman–Crippen LogP) is 5.15. The van der Waals surface area contributed by atoms with Crippen LogP contribution in [-0.4, -0.2) is 55.5 Å². The van der Waals surface area contributed by atoms with E-state index in [0.29, 0.717) is 0 Å². The number of amides is 1. The highest BCUT2D eigenvalue weighted by molar-refractivity contribution is 7.16. The Morgan fingerprint density at radius 1 is 1.12 bits per heavy atom. The Morgan fingerprint density at radius 2 is 1.82 bits per heavy atom. The first-order valence-electron chi connectivity index (χ1n) is 10.8. The average molecular weight is 476 g/mol. The van der Waals surface area contributed by atoms with Crippen LogP contribution in [0.1, 0.15) is 38.2 Å². The molecule has 3 heterocycles. The Balaban J connectivity index is 1.73. The first kappa shape index (κ1) is 23.4. The minimum absolute atomic E-state index is 0.121. The molecule has 2 aromatic heterocycles. The monoisotopic (exact) mass is 475 g/mol. The lowest BCUT2D eigenvalue weighted by atomic mass is 9.94. The number of anilines is 1. The molecule has 6 nitrogen and oxygen atoms in total. The van der Waals surface area contributed by atoms with Gasteiger partial charge in [-0.2, -0.15) is 8.78 Å². The second kappa shape index (κ2) is 10.0. The molecule has 1 atom stereocenters. The normalized spacial score (nSPS) is 16.2. The van der Waals surface area contributed by atoms with Crippen LogP contribution in [0.15, 0.2) is 47.1 Å². The lowest BCUT2D eigenvalue weighted by molar-refractivity contribution is -0.0498. The summed E-state index contributed by atoms with van der Waals surface area (Å²) < 4.78 is 35.1. The van der Waals surface area contributed by atoms with Crippen molar-refractivity contribution in [2.45, 2.75) is 26.5 Å². The molecule has 1 aliphatic rings. The maximum absolute atomic E-state index is 12.8. The van der Waals surface area contributed by atoms with Crippen LogP contribution in [0.3, 0.4) is 0 Å². The number of hydrogen-bond donors (Lipinski definition) is 1. The van der Waals surface area contributed by atoms with Crippen molar-refractivity contribution in [2.75, 3.05) is 38.5 Å². The number of carbonyl (C=O) groups excluding carboxylic acids is 1. The fourth-order valence-electron chi connectivity index (χ4n) is 4.11. The first-order chi connectivity index (χ1) is 15.8. The zero-order valence-electron chi connectivity index (χ0n) is 18.8. The standard InChI is InChI=1S/C24H27F2N3O3S/c1-15-16(2)33-23(27-22(30)19-5-4-14-31-19)20(15)21(29-12-10-28(3)11-13-29)17-6-8-18(9-7-17)32-24(25)26/h4-9,14,21,24H,10-13H2,1-3H3,(H,27,30)/t21-/m0/s1. The molecule has 1 saturated heterocycles. The van der Waals surface area contributed by atoms with Crippen LogP contribution in [0.25, 0.3) is 0 Å². The van der Waals surface area contributed by atoms with Gasteiger partial charge < -0.3 is 19.4 Å². The lowest BCUT2D eigenvalue weighted by Crippen LogP contribution is -2.46. The summed E-state index contributed by atoms with van der Waals surface area (Å²) in [5.74, 6) is 0.0602. The summed E-state index contributed by atoms with van der Waals surface area (Å²) in [5, 5.41) is 3.80. The van der Waals surface area contributed by atoms with Gasteiger partial charge in [-0.25, -0.2) is 0 Å². The van der Waals surface area contributed by atoms with Crippen molar-refractivity contribution in [3.63, 3.8) is 0 Å². The molecular formula is C24H27F2N3O3S. The van der Waals surface area contributed by atoms with E-state index in [-0.39, 0.29) is 23.5 Å².